The number of aliphatic hydroxyl groups excluding tert-OH is 1. The number of hydrogen-bond donors (Lipinski definition) is 1. The Bertz CT molecular complexity index is 593. The zero-order chi connectivity index (χ0) is 16.1. The summed E-state index contributed by atoms with van der Waals surface area (Å²) in [5.74, 6) is 0.247. The summed E-state index contributed by atoms with van der Waals surface area (Å²) in [4.78, 5) is 12.6. The molecule has 1 aliphatic rings. The van der Waals surface area contributed by atoms with E-state index in [4.69, 9.17) is 9.47 Å². The zero-order valence-corrected chi connectivity index (χ0v) is 12.7. The number of methoxy groups -OCH3 is 2. The Morgan fingerprint density at radius 1 is 1.18 bits per heavy atom. The lowest BCUT2D eigenvalue weighted by atomic mass is 9.82. The van der Waals surface area contributed by atoms with E-state index in [0.717, 1.165) is 0 Å². The van der Waals surface area contributed by atoms with Crippen molar-refractivity contribution >= 4 is 5.78 Å². The summed E-state index contributed by atoms with van der Waals surface area (Å²) in [7, 11) is 3.05. The van der Waals surface area contributed by atoms with Gasteiger partial charge < -0.3 is 14.6 Å². The Hall–Kier alpha value is -2.33. The van der Waals surface area contributed by atoms with Crippen LogP contribution >= 0.6 is 0 Å². The quantitative estimate of drug-likeness (QED) is 0.821. The second-order valence-corrected chi connectivity index (χ2v) is 5.06. The van der Waals surface area contributed by atoms with E-state index in [9.17, 15) is 9.90 Å². The summed E-state index contributed by atoms with van der Waals surface area (Å²) in [6.07, 6.45) is 7.83. The van der Waals surface area contributed by atoms with Crippen molar-refractivity contribution in [3.8, 4) is 11.5 Å². The Morgan fingerprint density at radius 3 is 2.32 bits per heavy atom. The van der Waals surface area contributed by atoms with Crippen LogP contribution in [0, 0.1) is 11.8 Å². The van der Waals surface area contributed by atoms with Gasteiger partial charge in [0.05, 0.1) is 14.2 Å². The number of rotatable bonds is 6. The van der Waals surface area contributed by atoms with Gasteiger partial charge in [0.2, 0.25) is 0 Å². The molecule has 0 bridgehead atoms. The van der Waals surface area contributed by atoms with E-state index in [1.54, 1.807) is 36.4 Å². The first kappa shape index (κ1) is 16.0. The molecule has 1 aromatic rings. The fraction of sp³-hybridized carbons (Fsp3) is 0.278. The normalized spacial score (nSPS) is 21.2. The predicted molar refractivity (Wildman–Crippen MR) is 85.0 cm³/mol. The SMILES string of the molecule is C=CC1C=CC=CC1C(=O)C(O)c1cc(OC)cc(OC)c1. The van der Waals surface area contributed by atoms with Crippen LogP contribution in [0.4, 0.5) is 0 Å². The van der Waals surface area contributed by atoms with E-state index in [2.05, 4.69) is 6.58 Å². The summed E-state index contributed by atoms with van der Waals surface area (Å²) in [6, 6.07) is 4.96. The highest BCUT2D eigenvalue weighted by Gasteiger charge is 2.30. The van der Waals surface area contributed by atoms with Crippen LogP contribution in [0.3, 0.4) is 0 Å². The maximum Gasteiger partial charge on any atom is 0.173 e. The number of allylic oxidation sites excluding steroid dienone is 5. The molecule has 4 heteroatoms. The van der Waals surface area contributed by atoms with E-state index in [0.29, 0.717) is 17.1 Å². The third-order valence-corrected chi connectivity index (χ3v) is 3.74. The predicted octanol–water partition coefficient (Wildman–Crippen LogP) is 2.85. The van der Waals surface area contributed by atoms with Crippen LogP contribution in [0.2, 0.25) is 0 Å². The first-order valence-corrected chi connectivity index (χ1v) is 7.03. The lowest BCUT2D eigenvalue weighted by Gasteiger charge is -2.23. The highest BCUT2D eigenvalue weighted by Crippen LogP contribution is 2.31. The molecule has 0 spiro atoms. The molecule has 0 fully saturated rings. The van der Waals surface area contributed by atoms with E-state index in [1.807, 2.05) is 12.2 Å². The molecule has 1 aliphatic carbocycles. The molecule has 0 radical (unpaired) electrons. The van der Waals surface area contributed by atoms with Crippen LogP contribution in [-0.2, 0) is 4.79 Å². The summed E-state index contributed by atoms with van der Waals surface area (Å²) in [5.41, 5.74) is 0.451. The van der Waals surface area contributed by atoms with Gasteiger partial charge in [-0.25, -0.2) is 0 Å². The Kier molecular flexibility index (Phi) is 5.17. The molecule has 0 amide bonds. The maximum atomic E-state index is 12.6. The molecule has 116 valence electrons. The number of Topliss-reactive ketones (excluding diaryl/α,β-unsaturated/α-hetero) is 1. The van der Waals surface area contributed by atoms with Gasteiger partial charge in [-0.05, 0) is 17.7 Å². The van der Waals surface area contributed by atoms with Gasteiger partial charge in [-0.15, -0.1) is 6.58 Å². The van der Waals surface area contributed by atoms with Crippen LogP contribution in [-0.4, -0.2) is 25.1 Å². The molecule has 0 aliphatic heterocycles. The third kappa shape index (κ3) is 3.28. The molecule has 1 aromatic carbocycles. The lowest BCUT2D eigenvalue weighted by molar-refractivity contribution is -0.130. The van der Waals surface area contributed by atoms with Crippen molar-refractivity contribution < 1.29 is 19.4 Å². The molecule has 4 nitrogen and oxygen atoms in total. The standard InChI is InChI=1S/C18H20O4/c1-4-12-7-5-6-8-16(12)18(20)17(19)13-9-14(21-2)11-15(10-13)22-3/h4-12,16-17,19H,1H2,2-3H3. The number of ether oxygens (including phenoxy) is 2. The molecule has 0 heterocycles. The van der Waals surface area contributed by atoms with Crippen LogP contribution in [0.5, 0.6) is 11.5 Å². The minimum Gasteiger partial charge on any atom is -0.497 e. The number of carbonyl (C=O) groups is 1. The molecule has 3 atom stereocenters. The van der Waals surface area contributed by atoms with Crippen molar-refractivity contribution in [2.45, 2.75) is 6.10 Å². The topological polar surface area (TPSA) is 55.8 Å². The van der Waals surface area contributed by atoms with Gasteiger partial charge in [0, 0.05) is 17.9 Å². The minimum atomic E-state index is -1.24. The molecule has 0 aromatic heterocycles. The number of benzene rings is 1. The third-order valence-electron chi connectivity index (χ3n) is 3.74. The maximum absolute atomic E-state index is 12.6. The number of ketones is 1. The van der Waals surface area contributed by atoms with Crippen molar-refractivity contribution in [2.24, 2.45) is 11.8 Å². The van der Waals surface area contributed by atoms with Crippen LogP contribution in [0.1, 0.15) is 11.7 Å². The molecule has 1 N–H and O–H groups in total. The van der Waals surface area contributed by atoms with E-state index >= 15 is 0 Å². The number of hydrogen-bond acceptors (Lipinski definition) is 4. The second kappa shape index (κ2) is 7.09. The van der Waals surface area contributed by atoms with Gasteiger partial charge in [-0.1, -0.05) is 30.4 Å². The van der Waals surface area contributed by atoms with Crippen molar-refractivity contribution in [1.29, 1.82) is 0 Å². The van der Waals surface area contributed by atoms with Crippen molar-refractivity contribution in [2.75, 3.05) is 14.2 Å². The van der Waals surface area contributed by atoms with Crippen LogP contribution in [0.15, 0.2) is 55.2 Å². The Labute approximate surface area is 130 Å². The van der Waals surface area contributed by atoms with Gasteiger partial charge >= 0.3 is 0 Å². The summed E-state index contributed by atoms with van der Waals surface area (Å²) in [5, 5.41) is 10.4. The summed E-state index contributed by atoms with van der Waals surface area (Å²) < 4.78 is 10.3. The van der Waals surface area contributed by atoms with Crippen molar-refractivity contribution in [3.63, 3.8) is 0 Å². The fourth-order valence-electron chi connectivity index (χ4n) is 2.47. The molecule has 3 unspecified atom stereocenters. The summed E-state index contributed by atoms with van der Waals surface area (Å²) >= 11 is 0. The van der Waals surface area contributed by atoms with E-state index < -0.39 is 12.0 Å². The highest BCUT2D eigenvalue weighted by molar-refractivity contribution is 5.89. The van der Waals surface area contributed by atoms with Crippen molar-refractivity contribution in [1.82, 2.24) is 0 Å². The molecule has 22 heavy (non-hydrogen) atoms. The highest BCUT2D eigenvalue weighted by atomic mass is 16.5. The van der Waals surface area contributed by atoms with Crippen LogP contribution < -0.4 is 9.47 Å². The van der Waals surface area contributed by atoms with Gasteiger partial charge in [0.1, 0.15) is 17.6 Å². The van der Waals surface area contributed by atoms with Gasteiger partial charge in [0.15, 0.2) is 5.78 Å². The van der Waals surface area contributed by atoms with Crippen molar-refractivity contribution in [3.05, 3.63) is 60.7 Å². The van der Waals surface area contributed by atoms with E-state index in [1.165, 1.54) is 14.2 Å². The monoisotopic (exact) mass is 300 g/mol. The zero-order valence-electron chi connectivity index (χ0n) is 12.7. The molecular weight excluding hydrogens is 280 g/mol. The average molecular weight is 300 g/mol. The average Bonchev–Trinajstić information content (AvgIpc) is 2.59. The molecule has 0 saturated heterocycles. The number of aliphatic hydroxyl groups is 1. The van der Waals surface area contributed by atoms with Gasteiger partial charge in [0.25, 0.3) is 0 Å². The fourth-order valence-corrected chi connectivity index (χ4v) is 2.47. The Morgan fingerprint density at radius 2 is 1.77 bits per heavy atom. The van der Waals surface area contributed by atoms with E-state index in [-0.39, 0.29) is 11.7 Å². The van der Waals surface area contributed by atoms with Gasteiger partial charge in [-0.2, -0.15) is 0 Å². The first-order valence-electron chi connectivity index (χ1n) is 7.03. The number of carbonyl (C=O) groups excluding carboxylic acids is 1. The minimum absolute atomic E-state index is 0.111. The molecule has 0 saturated carbocycles. The first-order chi connectivity index (χ1) is 10.6. The summed E-state index contributed by atoms with van der Waals surface area (Å²) in [6.45, 7) is 3.74. The molecular formula is C18H20O4. The lowest BCUT2D eigenvalue weighted by Crippen LogP contribution is -2.26. The van der Waals surface area contributed by atoms with Gasteiger partial charge in [-0.3, -0.25) is 4.79 Å². The Balaban J connectivity index is 2.28. The van der Waals surface area contributed by atoms with Crippen LogP contribution in [0.25, 0.3) is 0 Å². The second-order valence-electron chi connectivity index (χ2n) is 5.06. The largest absolute Gasteiger partial charge is 0.497 e. The smallest absolute Gasteiger partial charge is 0.173 e. The molecule has 2 rings (SSSR count).